The van der Waals surface area contributed by atoms with Crippen LogP contribution in [0.4, 0.5) is 0 Å². The molecule has 3 unspecified atom stereocenters. The SMILES string of the molecule is C[C@]12CC/C(=N/OCCc3nc(CN)no3)C=C1CCC1C2CC[C@@]2(C)C1CC[C@@H]2O. The van der Waals surface area contributed by atoms with Crippen molar-refractivity contribution in [3.8, 4) is 0 Å². The zero-order valence-electron chi connectivity index (χ0n) is 18.8. The molecule has 170 valence electrons. The van der Waals surface area contributed by atoms with Crippen LogP contribution in [-0.2, 0) is 17.8 Å². The summed E-state index contributed by atoms with van der Waals surface area (Å²) >= 11 is 0. The van der Waals surface area contributed by atoms with Crippen LogP contribution in [0.1, 0.15) is 76.9 Å². The molecule has 0 radical (unpaired) electrons. The third-order valence-corrected chi connectivity index (χ3v) is 9.21. The summed E-state index contributed by atoms with van der Waals surface area (Å²) in [5.74, 6) is 3.26. The van der Waals surface area contributed by atoms with E-state index in [-0.39, 0.29) is 23.5 Å². The molecule has 3 saturated carbocycles. The number of nitrogens with zero attached hydrogens (tertiary/aromatic N) is 3. The van der Waals surface area contributed by atoms with Crippen LogP contribution >= 0.6 is 0 Å². The van der Waals surface area contributed by atoms with Gasteiger partial charge in [0.15, 0.2) is 5.82 Å². The van der Waals surface area contributed by atoms with E-state index in [0.717, 1.165) is 43.2 Å². The molecule has 0 saturated heterocycles. The number of hydrogen-bond acceptors (Lipinski definition) is 7. The third-order valence-electron chi connectivity index (χ3n) is 9.21. The first-order valence-corrected chi connectivity index (χ1v) is 12.0. The van der Waals surface area contributed by atoms with E-state index >= 15 is 0 Å². The lowest BCUT2D eigenvalue weighted by Gasteiger charge is -2.57. The van der Waals surface area contributed by atoms with Gasteiger partial charge in [-0.05, 0) is 86.0 Å². The Kier molecular flexibility index (Phi) is 5.45. The highest BCUT2D eigenvalue weighted by molar-refractivity contribution is 5.96. The van der Waals surface area contributed by atoms with Crippen LogP contribution in [0.15, 0.2) is 21.3 Å². The molecule has 0 amide bonds. The third kappa shape index (κ3) is 3.54. The summed E-state index contributed by atoms with van der Waals surface area (Å²) in [6.45, 7) is 5.55. The molecule has 1 aromatic heterocycles. The van der Waals surface area contributed by atoms with Crippen molar-refractivity contribution in [1.29, 1.82) is 0 Å². The predicted molar refractivity (Wildman–Crippen MR) is 117 cm³/mol. The highest BCUT2D eigenvalue weighted by atomic mass is 16.6. The van der Waals surface area contributed by atoms with Crippen molar-refractivity contribution in [1.82, 2.24) is 10.1 Å². The van der Waals surface area contributed by atoms with E-state index < -0.39 is 0 Å². The van der Waals surface area contributed by atoms with Gasteiger partial charge < -0.3 is 20.2 Å². The Morgan fingerprint density at radius 2 is 2.06 bits per heavy atom. The number of hydrogen-bond donors (Lipinski definition) is 2. The average molecular weight is 429 g/mol. The molecule has 7 heteroatoms. The van der Waals surface area contributed by atoms with Crippen LogP contribution in [-0.4, -0.2) is 33.7 Å². The van der Waals surface area contributed by atoms with Crippen molar-refractivity contribution in [2.75, 3.05) is 6.61 Å². The number of aliphatic hydroxyl groups excluding tert-OH is 1. The maximum Gasteiger partial charge on any atom is 0.230 e. The maximum absolute atomic E-state index is 10.6. The molecule has 0 spiro atoms. The number of aliphatic hydroxyl groups is 1. The summed E-state index contributed by atoms with van der Waals surface area (Å²) in [5, 5.41) is 18.8. The Bertz CT molecular complexity index is 880. The van der Waals surface area contributed by atoms with Crippen LogP contribution in [0, 0.1) is 28.6 Å². The van der Waals surface area contributed by atoms with Crippen molar-refractivity contribution >= 4 is 5.71 Å². The van der Waals surface area contributed by atoms with Crippen molar-refractivity contribution in [2.24, 2.45) is 39.5 Å². The summed E-state index contributed by atoms with van der Waals surface area (Å²) in [7, 11) is 0. The van der Waals surface area contributed by atoms with E-state index in [1.54, 1.807) is 5.57 Å². The number of rotatable bonds is 5. The summed E-state index contributed by atoms with van der Waals surface area (Å²) in [4.78, 5) is 9.77. The molecule has 31 heavy (non-hydrogen) atoms. The molecule has 3 fully saturated rings. The van der Waals surface area contributed by atoms with Gasteiger partial charge in [-0.2, -0.15) is 4.98 Å². The van der Waals surface area contributed by atoms with Gasteiger partial charge in [-0.15, -0.1) is 0 Å². The van der Waals surface area contributed by atoms with Gasteiger partial charge in [0.1, 0.15) is 6.61 Å². The van der Waals surface area contributed by atoms with Gasteiger partial charge in [0.2, 0.25) is 5.89 Å². The van der Waals surface area contributed by atoms with E-state index in [4.69, 9.17) is 15.1 Å². The van der Waals surface area contributed by atoms with E-state index in [0.29, 0.717) is 30.7 Å². The minimum atomic E-state index is -0.0977. The zero-order valence-corrected chi connectivity index (χ0v) is 18.8. The first-order valence-electron chi connectivity index (χ1n) is 12.0. The van der Waals surface area contributed by atoms with E-state index in [1.165, 1.54) is 25.7 Å². The first-order chi connectivity index (χ1) is 14.9. The Balaban J connectivity index is 1.24. The van der Waals surface area contributed by atoms with Gasteiger partial charge in [0.05, 0.1) is 24.8 Å². The van der Waals surface area contributed by atoms with Crippen molar-refractivity contribution in [2.45, 2.75) is 84.3 Å². The summed E-state index contributed by atoms with van der Waals surface area (Å²) in [6.07, 6.45) is 11.9. The number of nitrogens with two attached hydrogens (primary N) is 1. The molecule has 7 nitrogen and oxygen atoms in total. The standard InChI is InChI=1S/C24H36N4O3/c1-23-10-7-16(27-30-12-9-22-26-21(14-25)28-31-22)13-15(23)3-4-17-18-5-6-20(29)24(18,2)11-8-19(17)23/h13,17-20,29H,3-12,14,25H2,1-2H3/b27-16-/t17?,18?,19?,20-,23-,24-/m0/s1. The lowest BCUT2D eigenvalue weighted by molar-refractivity contribution is -0.0722. The van der Waals surface area contributed by atoms with Gasteiger partial charge in [-0.1, -0.05) is 29.7 Å². The lowest BCUT2D eigenvalue weighted by atomic mass is 9.47. The first kappa shape index (κ1) is 21.1. The zero-order chi connectivity index (χ0) is 21.6. The normalized spacial score (nSPS) is 40.8. The molecule has 0 bridgehead atoms. The molecule has 0 aliphatic heterocycles. The van der Waals surface area contributed by atoms with E-state index in [2.05, 4.69) is 35.2 Å². The predicted octanol–water partition coefficient (Wildman–Crippen LogP) is 3.77. The fourth-order valence-corrected chi connectivity index (χ4v) is 7.35. The van der Waals surface area contributed by atoms with Crippen LogP contribution in [0.5, 0.6) is 0 Å². The monoisotopic (exact) mass is 428 g/mol. The van der Waals surface area contributed by atoms with E-state index in [1.807, 2.05) is 0 Å². The van der Waals surface area contributed by atoms with Crippen LogP contribution < -0.4 is 5.73 Å². The quantitative estimate of drug-likeness (QED) is 0.546. The molecule has 5 rings (SSSR count). The molecule has 4 aliphatic rings. The van der Waals surface area contributed by atoms with Crippen molar-refractivity contribution < 1.29 is 14.5 Å². The largest absolute Gasteiger partial charge is 0.395 e. The van der Waals surface area contributed by atoms with Gasteiger partial charge in [0.25, 0.3) is 0 Å². The molecular weight excluding hydrogens is 392 g/mol. The smallest absolute Gasteiger partial charge is 0.230 e. The number of fused-ring (bicyclic) bond motifs is 5. The Hall–Kier alpha value is -1.73. The van der Waals surface area contributed by atoms with Crippen LogP contribution in [0.25, 0.3) is 0 Å². The topological polar surface area (TPSA) is 107 Å². The average Bonchev–Trinajstić information content (AvgIpc) is 3.35. The Labute approximate surface area is 184 Å². The van der Waals surface area contributed by atoms with Crippen molar-refractivity contribution in [3.63, 3.8) is 0 Å². The van der Waals surface area contributed by atoms with Crippen molar-refractivity contribution in [3.05, 3.63) is 23.4 Å². The molecule has 1 heterocycles. The highest BCUT2D eigenvalue weighted by Gasteiger charge is 2.58. The van der Waals surface area contributed by atoms with Crippen LogP contribution in [0.2, 0.25) is 0 Å². The maximum atomic E-state index is 10.6. The molecular formula is C24H36N4O3. The lowest BCUT2D eigenvalue weighted by Crippen LogP contribution is -2.51. The number of allylic oxidation sites excluding steroid dienone is 2. The molecule has 3 N–H and O–H groups in total. The molecule has 6 atom stereocenters. The minimum Gasteiger partial charge on any atom is -0.395 e. The number of oxime groups is 1. The van der Waals surface area contributed by atoms with E-state index in [9.17, 15) is 5.11 Å². The van der Waals surface area contributed by atoms with Gasteiger partial charge in [0, 0.05) is 0 Å². The highest BCUT2D eigenvalue weighted by Crippen LogP contribution is 2.65. The second-order valence-electron chi connectivity index (χ2n) is 10.6. The fourth-order valence-electron chi connectivity index (χ4n) is 7.35. The minimum absolute atomic E-state index is 0.0977. The Morgan fingerprint density at radius 1 is 1.19 bits per heavy atom. The van der Waals surface area contributed by atoms with Crippen LogP contribution in [0.3, 0.4) is 0 Å². The second-order valence-corrected chi connectivity index (χ2v) is 10.6. The second kappa shape index (κ2) is 8.00. The fraction of sp³-hybridized carbons (Fsp3) is 0.792. The molecule has 4 aliphatic carbocycles. The van der Waals surface area contributed by atoms with Gasteiger partial charge in [-0.3, -0.25) is 0 Å². The summed E-state index contributed by atoms with van der Waals surface area (Å²) in [5.41, 5.74) is 8.55. The number of aromatic nitrogens is 2. The summed E-state index contributed by atoms with van der Waals surface area (Å²) in [6, 6.07) is 0. The Morgan fingerprint density at radius 3 is 2.87 bits per heavy atom. The summed E-state index contributed by atoms with van der Waals surface area (Å²) < 4.78 is 5.13. The van der Waals surface area contributed by atoms with Gasteiger partial charge in [-0.25, -0.2) is 0 Å². The molecule has 0 aromatic carbocycles. The molecule has 1 aromatic rings. The van der Waals surface area contributed by atoms with Gasteiger partial charge >= 0.3 is 0 Å².